The molecule has 0 atom stereocenters. The van der Waals surface area contributed by atoms with Crippen molar-refractivity contribution in [3.05, 3.63) is 64.7 Å². The number of nitro groups is 1. The van der Waals surface area contributed by atoms with Gasteiger partial charge in [-0.25, -0.2) is 9.97 Å². The number of aromatic nitrogens is 2. The fourth-order valence-corrected chi connectivity index (χ4v) is 2.28. The van der Waals surface area contributed by atoms with Crippen LogP contribution >= 0.6 is 0 Å². The van der Waals surface area contributed by atoms with Crippen LogP contribution in [0.3, 0.4) is 0 Å². The van der Waals surface area contributed by atoms with E-state index in [1.807, 2.05) is 24.3 Å². The highest BCUT2D eigenvalue weighted by atomic mass is 16.6. The monoisotopic (exact) mass is 322 g/mol. The molecule has 0 radical (unpaired) electrons. The highest BCUT2D eigenvalue weighted by Gasteiger charge is 2.09. The molecule has 0 aliphatic carbocycles. The van der Waals surface area contributed by atoms with Crippen LogP contribution in [-0.4, -0.2) is 22.0 Å². The van der Waals surface area contributed by atoms with Gasteiger partial charge in [0.1, 0.15) is 5.75 Å². The third-order valence-electron chi connectivity index (χ3n) is 3.50. The minimum absolute atomic E-state index is 0.0242. The van der Waals surface area contributed by atoms with Gasteiger partial charge in [0.25, 0.3) is 5.69 Å². The first-order valence-corrected chi connectivity index (χ1v) is 7.10. The standard InChI is InChI=1S/C17H14N4O3/c1-24-14-8-4-12(5-9-14)16-10-15(19-17(18)20-16)11-2-6-13(7-3-11)21(22)23/h2-10H,1H3,(H2,18,19,20). The van der Waals surface area contributed by atoms with E-state index in [-0.39, 0.29) is 11.6 Å². The minimum atomic E-state index is -0.444. The number of anilines is 1. The number of nitrogen functional groups attached to an aromatic ring is 1. The largest absolute Gasteiger partial charge is 0.497 e. The normalized spacial score (nSPS) is 10.4. The Morgan fingerprint density at radius 2 is 1.46 bits per heavy atom. The predicted octanol–water partition coefficient (Wildman–Crippen LogP) is 3.31. The van der Waals surface area contributed by atoms with Crippen molar-refractivity contribution in [3.63, 3.8) is 0 Å². The first-order valence-electron chi connectivity index (χ1n) is 7.10. The molecule has 0 amide bonds. The molecule has 0 spiro atoms. The number of benzene rings is 2. The molecule has 120 valence electrons. The third kappa shape index (κ3) is 3.14. The molecule has 3 aromatic rings. The van der Waals surface area contributed by atoms with Gasteiger partial charge in [-0.05, 0) is 42.5 Å². The van der Waals surface area contributed by atoms with Gasteiger partial charge >= 0.3 is 0 Å². The maximum absolute atomic E-state index is 10.7. The number of hydrogen-bond acceptors (Lipinski definition) is 6. The minimum Gasteiger partial charge on any atom is -0.497 e. The zero-order chi connectivity index (χ0) is 17.1. The van der Waals surface area contributed by atoms with Crippen LogP contribution in [0.1, 0.15) is 0 Å². The zero-order valence-electron chi connectivity index (χ0n) is 12.8. The van der Waals surface area contributed by atoms with E-state index >= 15 is 0 Å². The summed E-state index contributed by atoms with van der Waals surface area (Å²) in [6, 6.07) is 15.3. The molecule has 0 saturated heterocycles. The van der Waals surface area contributed by atoms with Crippen molar-refractivity contribution in [1.82, 2.24) is 9.97 Å². The van der Waals surface area contributed by atoms with Crippen molar-refractivity contribution in [2.24, 2.45) is 0 Å². The highest BCUT2D eigenvalue weighted by molar-refractivity contribution is 5.70. The molecule has 0 fully saturated rings. The first kappa shape index (κ1) is 15.4. The van der Waals surface area contributed by atoms with E-state index in [4.69, 9.17) is 10.5 Å². The van der Waals surface area contributed by atoms with Crippen molar-refractivity contribution in [2.45, 2.75) is 0 Å². The van der Waals surface area contributed by atoms with Crippen molar-refractivity contribution in [3.8, 4) is 28.3 Å². The summed E-state index contributed by atoms with van der Waals surface area (Å²) in [5, 5.41) is 10.7. The van der Waals surface area contributed by atoms with E-state index in [9.17, 15) is 10.1 Å². The Morgan fingerprint density at radius 1 is 0.958 bits per heavy atom. The molecule has 7 heteroatoms. The SMILES string of the molecule is COc1ccc(-c2cc(-c3ccc([N+](=O)[O-])cc3)nc(N)n2)cc1. The lowest BCUT2D eigenvalue weighted by Gasteiger charge is -2.07. The van der Waals surface area contributed by atoms with Crippen molar-refractivity contribution in [2.75, 3.05) is 12.8 Å². The average Bonchev–Trinajstić information content (AvgIpc) is 2.61. The first-order chi connectivity index (χ1) is 11.6. The van der Waals surface area contributed by atoms with Crippen molar-refractivity contribution in [1.29, 1.82) is 0 Å². The second kappa shape index (κ2) is 6.33. The Kier molecular flexibility index (Phi) is 4.07. The molecule has 7 nitrogen and oxygen atoms in total. The number of non-ortho nitro benzene ring substituents is 1. The van der Waals surface area contributed by atoms with Crippen LogP contribution in [0.25, 0.3) is 22.5 Å². The van der Waals surface area contributed by atoms with Gasteiger partial charge in [0.15, 0.2) is 0 Å². The molecule has 24 heavy (non-hydrogen) atoms. The van der Waals surface area contributed by atoms with Gasteiger partial charge in [-0.2, -0.15) is 0 Å². The van der Waals surface area contributed by atoms with E-state index in [1.165, 1.54) is 12.1 Å². The molecule has 0 bridgehead atoms. The van der Waals surface area contributed by atoms with Crippen molar-refractivity contribution < 1.29 is 9.66 Å². The van der Waals surface area contributed by atoms with Gasteiger partial charge in [-0.3, -0.25) is 10.1 Å². The summed E-state index contributed by atoms with van der Waals surface area (Å²) in [6.07, 6.45) is 0. The number of methoxy groups -OCH3 is 1. The number of hydrogen-bond donors (Lipinski definition) is 1. The Balaban J connectivity index is 2.00. The van der Waals surface area contributed by atoms with E-state index in [0.717, 1.165) is 16.9 Å². The van der Waals surface area contributed by atoms with Crippen LogP contribution in [-0.2, 0) is 0 Å². The van der Waals surface area contributed by atoms with E-state index in [0.29, 0.717) is 11.4 Å². The van der Waals surface area contributed by atoms with Gasteiger partial charge in [0, 0.05) is 23.3 Å². The molecule has 1 aromatic heterocycles. The predicted molar refractivity (Wildman–Crippen MR) is 90.5 cm³/mol. The van der Waals surface area contributed by atoms with Crippen LogP contribution in [0.4, 0.5) is 11.6 Å². The smallest absolute Gasteiger partial charge is 0.269 e. The Morgan fingerprint density at radius 3 is 1.92 bits per heavy atom. The van der Waals surface area contributed by atoms with Crippen LogP contribution in [0.2, 0.25) is 0 Å². The molecule has 3 rings (SSSR count). The molecule has 0 saturated carbocycles. The van der Waals surface area contributed by atoms with Gasteiger partial charge in [-0.1, -0.05) is 0 Å². The summed E-state index contributed by atoms with van der Waals surface area (Å²) in [5.74, 6) is 0.882. The van der Waals surface area contributed by atoms with Gasteiger partial charge in [0.05, 0.1) is 23.4 Å². The second-order valence-corrected chi connectivity index (χ2v) is 5.03. The van der Waals surface area contributed by atoms with E-state index < -0.39 is 4.92 Å². The lowest BCUT2D eigenvalue weighted by Crippen LogP contribution is -1.99. The number of nitrogens with zero attached hydrogens (tertiary/aromatic N) is 3. The lowest BCUT2D eigenvalue weighted by atomic mass is 10.1. The Labute approximate surface area is 137 Å². The fourth-order valence-electron chi connectivity index (χ4n) is 2.28. The lowest BCUT2D eigenvalue weighted by molar-refractivity contribution is -0.384. The molecule has 2 aromatic carbocycles. The number of ether oxygens (including phenoxy) is 1. The average molecular weight is 322 g/mol. The summed E-state index contributed by atoms with van der Waals surface area (Å²) in [6.45, 7) is 0. The Hall–Kier alpha value is -3.48. The maximum atomic E-state index is 10.7. The number of nitro benzene ring substituents is 1. The zero-order valence-corrected chi connectivity index (χ0v) is 12.8. The summed E-state index contributed by atoms with van der Waals surface area (Å²) >= 11 is 0. The van der Waals surface area contributed by atoms with Gasteiger partial charge < -0.3 is 10.5 Å². The summed E-state index contributed by atoms with van der Waals surface area (Å²) in [7, 11) is 1.60. The topological polar surface area (TPSA) is 104 Å². The second-order valence-electron chi connectivity index (χ2n) is 5.03. The molecular formula is C17H14N4O3. The molecule has 0 unspecified atom stereocenters. The molecular weight excluding hydrogens is 308 g/mol. The summed E-state index contributed by atoms with van der Waals surface area (Å²) < 4.78 is 5.14. The van der Waals surface area contributed by atoms with E-state index in [2.05, 4.69) is 9.97 Å². The summed E-state index contributed by atoms with van der Waals surface area (Å²) in [4.78, 5) is 18.8. The van der Waals surface area contributed by atoms with Crippen LogP contribution in [0.15, 0.2) is 54.6 Å². The third-order valence-corrected chi connectivity index (χ3v) is 3.50. The van der Waals surface area contributed by atoms with Crippen LogP contribution in [0.5, 0.6) is 5.75 Å². The summed E-state index contributed by atoms with van der Waals surface area (Å²) in [5.41, 5.74) is 8.70. The van der Waals surface area contributed by atoms with Gasteiger partial charge in [-0.15, -0.1) is 0 Å². The van der Waals surface area contributed by atoms with Gasteiger partial charge in [0.2, 0.25) is 5.95 Å². The molecule has 0 aliphatic heterocycles. The molecule has 2 N–H and O–H groups in total. The number of rotatable bonds is 4. The van der Waals surface area contributed by atoms with Crippen LogP contribution in [0, 0.1) is 10.1 Å². The van der Waals surface area contributed by atoms with Crippen molar-refractivity contribution >= 4 is 11.6 Å². The van der Waals surface area contributed by atoms with E-state index in [1.54, 1.807) is 25.3 Å². The number of nitrogens with two attached hydrogens (primary N) is 1. The maximum Gasteiger partial charge on any atom is 0.269 e. The highest BCUT2D eigenvalue weighted by Crippen LogP contribution is 2.27. The Bertz CT molecular complexity index is 877. The van der Waals surface area contributed by atoms with Crippen LogP contribution < -0.4 is 10.5 Å². The molecule has 1 heterocycles. The molecule has 0 aliphatic rings. The fraction of sp³-hybridized carbons (Fsp3) is 0.0588. The quantitative estimate of drug-likeness (QED) is 0.583.